The van der Waals surface area contributed by atoms with Crippen LogP contribution in [0, 0.1) is 5.92 Å². The number of aromatic nitrogens is 5. The number of carbonyl (C=O) groups is 1. The highest BCUT2D eigenvalue weighted by molar-refractivity contribution is 5.94. The molecule has 1 saturated heterocycles. The van der Waals surface area contributed by atoms with Crippen molar-refractivity contribution in [2.45, 2.75) is 19.3 Å². The number of hydrogen-bond donors (Lipinski definition) is 1. The normalized spacial score (nSPS) is 20.4. The number of carbonyl (C=O) groups excluding carboxylic acids is 1. The third kappa shape index (κ3) is 2.58. The first-order chi connectivity index (χ1) is 13.2. The van der Waals surface area contributed by atoms with Crippen LogP contribution < -0.4 is 0 Å². The molecular weight excluding hydrogens is 340 g/mol. The second kappa shape index (κ2) is 6.19. The molecule has 1 amide bonds. The van der Waals surface area contributed by atoms with Crippen LogP contribution in [0.25, 0.3) is 16.7 Å². The lowest BCUT2D eigenvalue weighted by atomic mass is 9.86. The molecule has 0 aromatic carbocycles. The predicted molar refractivity (Wildman–Crippen MR) is 102 cm³/mol. The Morgan fingerprint density at radius 3 is 2.85 bits per heavy atom. The summed E-state index contributed by atoms with van der Waals surface area (Å²) in [4.78, 5) is 31.2. The summed E-state index contributed by atoms with van der Waals surface area (Å²) in [6.45, 7) is 3.68. The largest absolute Gasteiger partial charge is 0.345 e. The maximum Gasteiger partial charge on any atom is 0.253 e. The molecule has 1 N–H and O–H groups in total. The fourth-order valence-electron chi connectivity index (χ4n) is 4.03. The first-order valence-electron chi connectivity index (χ1n) is 9.21. The Labute approximate surface area is 156 Å². The second-order valence-electron chi connectivity index (χ2n) is 7.21. The molecule has 0 bridgehead atoms. The lowest BCUT2D eigenvalue weighted by molar-refractivity contribution is 0.0665. The molecule has 1 fully saturated rings. The molecule has 4 aromatic heterocycles. The molecule has 0 saturated carbocycles. The molecular formula is C20H20N6O. The van der Waals surface area contributed by atoms with Gasteiger partial charge in [0.25, 0.3) is 5.91 Å². The number of rotatable bonds is 2. The number of H-pyrrole nitrogens is 1. The SMILES string of the molecule is CC1CCN(C(=O)c2ccncc2)CC1c1ncc2cnc3[nH]ccc3n12. The van der Waals surface area contributed by atoms with Crippen LogP contribution in [0.3, 0.4) is 0 Å². The third-order valence-corrected chi connectivity index (χ3v) is 5.59. The first-order valence-corrected chi connectivity index (χ1v) is 9.21. The number of amides is 1. The summed E-state index contributed by atoms with van der Waals surface area (Å²) < 4.78 is 2.17. The van der Waals surface area contributed by atoms with Gasteiger partial charge < -0.3 is 9.88 Å². The number of likely N-dealkylation sites (tertiary alicyclic amines) is 1. The number of hydrogen-bond acceptors (Lipinski definition) is 4. The highest BCUT2D eigenvalue weighted by atomic mass is 16.2. The highest BCUT2D eigenvalue weighted by Gasteiger charge is 2.33. The van der Waals surface area contributed by atoms with Crippen molar-refractivity contribution in [1.29, 1.82) is 0 Å². The standard InChI is InChI=1S/C20H20N6O/c1-13-5-9-25(20(27)14-2-6-21-7-3-14)12-16(13)19-24-11-15-10-23-18-17(26(15)19)4-8-22-18/h2-4,6-8,10-11,13,16,22H,5,9,12H2,1H3. The maximum absolute atomic E-state index is 12.9. The highest BCUT2D eigenvalue weighted by Crippen LogP contribution is 2.33. The number of imidazole rings is 1. The summed E-state index contributed by atoms with van der Waals surface area (Å²) in [6, 6.07) is 5.57. The van der Waals surface area contributed by atoms with E-state index in [1.54, 1.807) is 24.5 Å². The smallest absolute Gasteiger partial charge is 0.253 e. The van der Waals surface area contributed by atoms with Gasteiger partial charge in [-0.15, -0.1) is 0 Å². The molecule has 2 atom stereocenters. The second-order valence-corrected chi connectivity index (χ2v) is 7.21. The number of fused-ring (bicyclic) bond motifs is 3. The van der Waals surface area contributed by atoms with Crippen LogP contribution in [0.5, 0.6) is 0 Å². The van der Waals surface area contributed by atoms with E-state index in [4.69, 9.17) is 4.98 Å². The zero-order chi connectivity index (χ0) is 18.4. The Morgan fingerprint density at radius 1 is 1.19 bits per heavy atom. The Bertz CT molecular complexity index is 1120. The maximum atomic E-state index is 12.9. The van der Waals surface area contributed by atoms with Gasteiger partial charge in [0.05, 0.1) is 23.4 Å². The van der Waals surface area contributed by atoms with Gasteiger partial charge in [-0.25, -0.2) is 9.97 Å². The summed E-state index contributed by atoms with van der Waals surface area (Å²) in [5.41, 5.74) is 3.52. The summed E-state index contributed by atoms with van der Waals surface area (Å²) in [7, 11) is 0. The van der Waals surface area contributed by atoms with Crippen molar-refractivity contribution >= 4 is 22.6 Å². The average Bonchev–Trinajstić information content (AvgIpc) is 3.35. The zero-order valence-corrected chi connectivity index (χ0v) is 15.0. The molecule has 7 nitrogen and oxygen atoms in total. The monoisotopic (exact) mass is 360 g/mol. The van der Waals surface area contributed by atoms with Gasteiger partial charge in [-0.2, -0.15) is 0 Å². The van der Waals surface area contributed by atoms with E-state index in [2.05, 4.69) is 26.3 Å². The molecule has 2 unspecified atom stereocenters. The predicted octanol–water partition coefficient (Wildman–Crippen LogP) is 2.87. The van der Waals surface area contributed by atoms with Gasteiger partial charge in [-0.3, -0.25) is 14.2 Å². The van der Waals surface area contributed by atoms with Crippen molar-refractivity contribution in [3.05, 3.63) is 60.6 Å². The van der Waals surface area contributed by atoms with E-state index >= 15 is 0 Å². The minimum Gasteiger partial charge on any atom is -0.345 e. The van der Waals surface area contributed by atoms with Crippen molar-refractivity contribution in [1.82, 2.24) is 29.2 Å². The van der Waals surface area contributed by atoms with Gasteiger partial charge in [0.1, 0.15) is 5.82 Å². The van der Waals surface area contributed by atoms with Crippen LogP contribution in [0.4, 0.5) is 0 Å². The Balaban J connectivity index is 1.53. The van der Waals surface area contributed by atoms with E-state index in [1.807, 2.05) is 29.6 Å². The average molecular weight is 360 g/mol. The van der Waals surface area contributed by atoms with Crippen molar-refractivity contribution in [3.63, 3.8) is 0 Å². The van der Waals surface area contributed by atoms with Crippen molar-refractivity contribution < 1.29 is 4.79 Å². The molecule has 1 aliphatic heterocycles. The van der Waals surface area contributed by atoms with Crippen molar-refractivity contribution in [3.8, 4) is 0 Å². The van der Waals surface area contributed by atoms with Gasteiger partial charge in [0.2, 0.25) is 0 Å². The van der Waals surface area contributed by atoms with E-state index in [0.717, 1.165) is 35.5 Å². The van der Waals surface area contributed by atoms with E-state index < -0.39 is 0 Å². The number of aromatic amines is 1. The Kier molecular flexibility index (Phi) is 3.67. The zero-order valence-electron chi connectivity index (χ0n) is 15.0. The minimum absolute atomic E-state index is 0.0589. The topological polar surface area (TPSA) is 79.2 Å². The van der Waals surface area contributed by atoms with Crippen molar-refractivity contribution in [2.75, 3.05) is 13.1 Å². The van der Waals surface area contributed by atoms with Crippen LogP contribution in [0.1, 0.15) is 35.4 Å². The molecule has 5 heterocycles. The van der Waals surface area contributed by atoms with Gasteiger partial charge in [0, 0.05) is 43.2 Å². The molecule has 1 aliphatic rings. The third-order valence-electron chi connectivity index (χ3n) is 5.59. The minimum atomic E-state index is 0.0589. The Morgan fingerprint density at radius 2 is 2.00 bits per heavy atom. The molecule has 0 spiro atoms. The van der Waals surface area contributed by atoms with Crippen LogP contribution >= 0.6 is 0 Å². The molecule has 7 heteroatoms. The lowest BCUT2D eigenvalue weighted by Gasteiger charge is -2.36. The summed E-state index contributed by atoms with van der Waals surface area (Å²) >= 11 is 0. The van der Waals surface area contributed by atoms with Crippen LogP contribution in [-0.2, 0) is 0 Å². The number of pyridine rings is 1. The number of nitrogens with one attached hydrogen (secondary N) is 1. The molecule has 0 aliphatic carbocycles. The quantitative estimate of drug-likeness (QED) is 0.596. The fraction of sp³-hybridized carbons (Fsp3) is 0.300. The number of nitrogens with zero attached hydrogens (tertiary/aromatic N) is 5. The van der Waals surface area contributed by atoms with Gasteiger partial charge >= 0.3 is 0 Å². The molecule has 136 valence electrons. The van der Waals surface area contributed by atoms with E-state index in [9.17, 15) is 4.79 Å². The molecule has 4 aromatic rings. The van der Waals surface area contributed by atoms with Gasteiger partial charge in [-0.1, -0.05) is 6.92 Å². The first kappa shape index (κ1) is 16.0. The summed E-state index contributed by atoms with van der Waals surface area (Å²) in [6.07, 6.45) is 9.88. The fourth-order valence-corrected chi connectivity index (χ4v) is 4.03. The molecule has 0 radical (unpaired) electrons. The van der Waals surface area contributed by atoms with E-state index in [1.165, 1.54) is 0 Å². The molecule has 5 rings (SSSR count). The van der Waals surface area contributed by atoms with Crippen LogP contribution in [0.2, 0.25) is 0 Å². The van der Waals surface area contributed by atoms with Gasteiger partial charge in [-0.05, 0) is 30.5 Å². The van der Waals surface area contributed by atoms with E-state index in [-0.39, 0.29) is 11.8 Å². The Hall–Kier alpha value is -3.22. The van der Waals surface area contributed by atoms with E-state index in [0.29, 0.717) is 18.0 Å². The van der Waals surface area contributed by atoms with Crippen LogP contribution in [-0.4, -0.2) is 48.2 Å². The molecule has 27 heavy (non-hydrogen) atoms. The lowest BCUT2D eigenvalue weighted by Crippen LogP contribution is -2.42. The summed E-state index contributed by atoms with van der Waals surface area (Å²) in [5, 5.41) is 0. The number of piperidine rings is 1. The summed E-state index contributed by atoms with van der Waals surface area (Å²) in [5.74, 6) is 1.67. The van der Waals surface area contributed by atoms with Crippen molar-refractivity contribution in [2.24, 2.45) is 5.92 Å². The van der Waals surface area contributed by atoms with Crippen LogP contribution in [0.15, 0.2) is 49.2 Å². The van der Waals surface area contributed by atoms with Gasteiger partial charge in [0.15, 0.2) is 5.65 Å².